The molecule has 0 amide bonds. The zero-order chi connectivity index (χ0) is 26.3. The predicted molar refractivity (Wildman–Crippen MR) is 143 cm³/mol. The lowest BCUT2D eigenvalue weighted by Gasteiger charge is -2.51. The van der Waals surface area contributed by atoms with E-state index < -0.39 is 12.6 Å². The van der Waals surface area contributed by atoms with Crippen molar-refractivity contribution in [1.29, 1.82) is 0 Å². The smallest absolute Gasteiger partial charge is 0.312 e. The molecule has 2 aliphatic heterocycles. The summed E-state index contributed by atoms with van der Waals surface area (Å²) in [6.07, 6.45) is 15.1. The Hall–Kier alpha value is -1.40. The van der Waals surface area contributed by atoms with Crippen LogP contribution in [-0.2, 0) is 28.5 Å². The number of fused-ring (bicyclic) bond motifs is 23. The average molecular weight is 549 g/mol. The molecular weight excluding hydrogens is 504 g/mol. The van der Waals surface area contributed by atoms with Gasteiger partial charge in [-0.25, -0.2) is 0 Å². The fourth-order valence-corrected chi connectivity index (χ4v) is 14.2. The maximum atomic E-state index is 13.9. The van der Waals surface area contributed by atoms with Crippen molar-refractivity contribution in [3.8, 4) is 0 Å². The summed E-state index contributed by atoms with van der Waals surface area (Å²) >= 11 is 0. The molecule has 7 saturated carbocycles. The molecule has 2 saturated heterocycles. The first kappa shape index (κ1) is 24.1. The minimum absolute atomic E-state index is 0.185. The van der Waals surface area contributed by atoms with E-state index in [9.17, 15) is 9.59 Å². The number of allylic oxidation sites excluding steroid dienone is 2. The van der Waals surface area contributed by atoms with Crippen molar-refractivity contribution in [2.24, 2.45) is 94.7 Å². The van der Waals surface area contributed by atoms with Gasteiger partial charge in [0.2, 0.25) is 12.6 Å². The molecule has 10 aliphatic rings. The van der Waals surface area contributed by atoms with E-state index in [-0.39, 0.29) is 35.6 Å². The topological polar surface area (TPSA) is 71.1 Å². The SMILES string of the molecule is O=C(OC1CCCCO1)C1C2CC(C1C(=O)OC1CCCCO1)C1C3CC(C21)C1C2CC(C4C5C=CC(C5)C24)C31. The van der Waals surface area contributed by atoms with Crippen molar-refractivity contribution in [3.05, 3.63) is 12.2 Å². The number of hydrogen-bond acceptors (Lipinski definition) is 6. The third kappa shape index (κ3) is 3.04. The van der Waals surface area contributed by atoms with Gasteiger partial charge in [-0.05, 0) is 134 Å². The summed E-state index contributed by atoms with van der Waals surface area (Å²) in [6.45, 7) is 1.30. The number of hydrogen-bond donors (Lipinski definition) is 0. The second-order valence-corrected chi connectivity index (χ2v) is 15.6. The largest absolute Gasteiger partial charge is 0.436 e. The van der Waals surface area contributed by atoms with Crippen molar-refractivity contribution >= 4 is 11.9 Å². The normalized spacial score (nSPS) is 59.2. The Labute approximate surface area is 237 Å². The first-order chi connectivity index (χ1) is 19.7. The van der Waals surface area contributed by atoms with Crippen LogP contribution in [0.25, 0.3) is 0 Å². The predicted octanol–water partition coefficient (Wildman–Crippen LogP) is 5.21. The summed E-state index contributed by atoms with van der Waals surface area (Å²) in [5, 5.41) is 0. The molecule has 18 atom stereocenters. The van der Waals surface area contributed by atoms with Crippen LogP contribution < -0.4 is 0 Å². The van der Waals surface area contributed by atoms with Gasteiger partial charge < -0.3 is 18.9 Å². The Balaban J connectivity index is 0.959. The summed E-state index contributed by atoms with van der Waals surface area (Å²) in [5.74, 6) is 9.31. The highest BCUT2D eigenvalue weighted by Crippen LogP contribution is 2.81. The fourth-order valence-electron chi connectivity index (χ4n) is 14.2. The van der Waals surface area contributed by atoms with Gasteiger partial charge in [0.15, 0.2) is 0 Å². The van der Waals surface area contributed by atoms with E-state index in [2.05, 4.69) is 12.2 Å². The van der Waals surface area contributed by atoms with Gasteiger partial charge in [-0.3, -0.25) is 9.59 Å². The van der Waals surface area contributed by atoms with E-state index in [1.807, 2.05) is 0 Å². The van der Waals surface area contributed by atoms with Gasteiger partial charge in [-0.2, -0.15) is 0 Å². The molecule has 0 radical (unpaired) electrons. The van der Waals surface area contributed by atoms with Gasteiger partial charge in [0, 0.05) is 12.8 Å². The van der Waals surface area contributed by atoms with E-state index in [1.54, 1.807) is 0 Å². The summed E-state index contributed by atoms with van der Waals surface area (Å²) in [6, 6.07) is 0. The highest BCUT2D eigenvalue weighted by molar-refractivity contribution is 5.84. The maximum Gasteiger partial charge on any atom is 0.312 e. The molecule has 0 aromatic rings. The standard InChI is InChI=1S/C34H44O6/c35-33(39-23-5-1-3-9-37-23)31-21-14-22(32(31)34(36)40-24-6-2-4-10-38-24)30-20-13-19(29(21)30)27-17-12-18(28(20)27)26-16-8-7-15(11-16)25(17)26/h7-8,15-32H,1-6,9-14H2. The van der Waals surface area contributed by atoms with Gasteiger partial charge in [0.25, 0.3) is 0 Å². The molecule has 40 heavy (non-hydrogen) atoms. The molecule has 8 bridgehead atoms. The van der Waals surface area contributed by atoms with Crippen LogP contribution in [-0.4, -0.2) is 37.7 Å². The van der Waals surface area contributed by atoms with Crippen LogP contribution in [0.4, 0.5) is 0 Å². The quantitative estimate of drug-likeness (QED) is 0.273. The molecule has 9 fully saturated rings. The molecule has 10 rings (SSSR count). The zero-order valence-electron chi connectivity index (χ0n) is 23.5. The zero-order valence-corrected chi connectivity index (χ0v) is 23.5. The molecule has 0 aromatic heterocycles. The molecule has 216 valence electrons. The summed E-state index contributed by atoms with van der Waals surface area (Å²) in [4.78, 5) is 27.9. The lowest BCUT2D eigenvalue weighted by Crippen LogP contribution is -2.51. The maximum absolute atomic E-state index is 13.9. The van der Waals surface area contributed by atoms with Crippen LogP contribution in [0.3, 0.4) is 0 Å². The second kappa shape index (κ2) is 8.58. The fraction of sp³-hybridized carbons (Fsp3) is 0.882. The minimum atomic E-state index is -0.452. The molecule has 6 heteroatoms. The van der Waals surface area contributed by atoms with Crippen molar-refractivity contribution in [2.75, 3.05) is 13.2 Å². The van der Waals surface area contributed by atoms with Gasteiger partial charge in [0.1, 0.15) is 0 Å². The first-order valence-corrected chi connectivity index (χ1v) is 17.0. The molecule has 8 aliphatic carbocycles. The van der Waals surface area contributed by atoms with Crippen LogP contribution in [0.2, 0.25) is 0 Å². The Morgan fingerprint density at radius 3 is 1.40 bits per heavy atom. The Morgan fingerprint density at radius 2 is 0.950 bits per heavy atom. The van der Waals surface area contributed by atoms with Crippen LogP contribution in [0, 0.1) is 94.7 Å². The number of ether oxygens (including phenoxy) is 4. The monoisotopic (exact) mass is 548 g/mol. The molecule has 18 unspecified atom stereocenters. The highest BCUT2D eigenvalue weighted by atomic mass is 16.7. The Morgan fingerprint density at radius 1 is 0.525 bits per heavy atom. The molecule has 0 aromatic carbocycles. The molecular formula is C34H44O6. The van der Waals surface area contributed by atoms with Crippen LogP contribution in [0.15, 0.2) is 12.2 Å². The van der Waals surface area contributed by atoms with Crippen LogP contribution in [0.1, 0.15) is 64.2 Å². The lowest BCUT2D eigenvalue weighted by atomic mass is 9.53. The van der Waals surface area contributed by atoms with Crippen molar-refractivity contribution < 1.29 is 28.5 Å². The summed E-state index contributed by atoms with van der Waals surface area (Å²) in [5.41, 5.74) is 0. The number of esters is 2. The summed E-state index contributed by atoms with van der Waals surface area (Å²) < 4.78 is 23.7. The summed E-state index contributed by atoms with van der Waals surface area (Å²) in [7, 11) is 0. The Kier molecular flexibility index (Phi) is 5.17. The van der Waals surface area contributed by atoms with E-state index in [4.69, 9.17) is 18.9 Å². The van der Waals surface area contributed by atoms with Gasteiger partial charge >= 0.3 is 11.9 Å². The highest BCUT2D eigenvalue weighted by Gasteiger charge is 2.78. The van der Waals surface area contributed by atoms with Gasteiger partial charge in [0.05, 0.1) is 25.0 Å². The molecule has 6 nitrogen and oxygen atoms in total. The van der Waals surface area contributed by atoms with Crippen LogP contribution in [0.5, 0.6) is 0 Å². The van der Waals surface area contributed by atoms with Crippen molar-refractivity contribution in [2.45, 2.75) is 76.8 Å². The second-order valence-electron chi connectivity index (χ2n) is 15.6. The van der Waals surface area contributed by atoms with E-state index in [1.165, 1.54) is 19.3 Å². The average Bonchev–Trinajstić information content (AvgIpc) is 3.81. The molecule has 0 N–H and O–H groups in total. The van der Waals surface area contributed by atoms with Crippen LogP contribution >= 0.6 is 0 Å². The molecule has 0 spiro atoms. The Bertz CT molecular complexity index is 1040. The van der Waals surface area contributed by atoms with Crippen molar-refractivity contribution in [1.82, 2.24) is 0 Å². The third-order valence-corrected chi connectivity index (χ3v) is 14.7. The lowest BCUT2D eigenvalue weighted by molar-refractivity contribution is -0.208. The van der Waals surface area contributed by atoms with E-state index >= 15 is 0 Å². The number of carbonyl (C=O) groups is 2. The van der Waals surface area contributed by atoms with E-state index in [0.717, 1.165) is 104 Å². The molecule has 2 heterocycles. The third-order valence-electron chi connectivity index (χ3n) is 14.7. The van der Waals surface area contributed by atoms with Gasteiger partial charge in [-0.15, -0.1) is 0 Å². The van der Waals surface area contributed by atoms with E-state index in [0.29, 0.717) is 25.0 Å². The minimum Gasteiger partial charge on any atom is -0.436 e. The van der Waals surface area contributed by atoms with Gasteiger partial charge in [-0.1, -0.05) is 12.2 Å². The number of carbonyl (C=O) groups excluding carboxylic acids is 2. The number of rotatable bonds is 4. The van der Waals surface area contributed by atoms with Crippen molar-refractivity contribution in [3.63, 3.8) is 0 Å². The first-order valence-electron chi connectivity index (χ1n) is 17.0.